The van der Waals surface area contributed by atoms with Crippen molar-refractivity contribution < 1.29 is 4.74 Å². The summed E-state index contributed by atoms with van der Waals surface area (Å²) in [7, 11) is 1.82. The second kappa shape index (κ2) is 8.16. The van der Waals surface area contributed by atoms with Crippen LogP contribution >= 0.6 is 39.9 Å². The highest BCUT2D eigenvalue weighted by atomic mass is 127. The number of rotatable bonds is 4. The van der Waals surface area contributed by atoms with E-state index in [0.29, 0.717) is 12.0 Å². The molecule has 3 atom stereocenters. The second-order valence-electron chi connectivity index (χ2n) is 6.47. The number of hydrogen-bond donors (Lipinski definition) is 2. The van der Waals surface area contributed by atoms with Crippen molar-refractivity contribution in [2.24, 2.45) is 4.99 Å². The molecule has 2 fully saturated rings. The molecule has 3 rings (SSSR count). The molecule has 0 bridgehead atoms. The van der Waals surface area contributed by atoms with Crippen molar-refractivity contribution >= 4 is 45.9 Å². The Hall–Kier alpha value is -0.340. The Labute approximate surface area is 164 Å². The lowest BCUT2D eigenvalue weighted by molar-refractivity contribution is 0.0243. The van der Waals surface area contributed by atoms with Gasteiger partial charge in [0.1, 0.15) is 0 Å². The maximum atomic E-state index is 5.81. The minimum atomic E-state index is -0.0493. The smallest absolute Gasteiger partial charge is 0.191 e. The molecule has 1 saturated heterocycles. The predicted molar refractivity (Wildman–Crippen MR) is 109 cm³/mol. The van der Waals surface area contributed by atoms with Gasteiger partial charge in [0.05, 0.1) is 5.60 Å². The van der Waals surface area contributed by atoms with Crippen LogP contribution in [0.3, 0.4) is 0 Å². The SMILES string of the molecule is CN=C(NCC1(C)CCCO1)NC1CC1c1ccc(Br)cc1.I. The lowest BCUT2D eigenvalue weighted by Gasteiger charge is -2.24. The van der Waals surface area contributed by atoms with Crippen molar-refractivity contribution in [2.45, 2.75) is 43.7 Å². The fourth-order valence-electron chi connectivity index (χ4n) is 3.05. The van der Waals surface area contributed by atoms with Crippen LogP contribution in [0.1, 0.15) is 37.7 Å². The van der Waals surface area contributed by atoms with Crippen LogP contribution in [0.15, 0.2) is 33.7 Å². The maximum Gasteiger partial charge on any atom is 0.191 e. The van der Waals surface area contributed by atoms with Crippen LogP contribution in [0.4, 0.5) is 0 Å². The number of nitrogens with zero attached hydrogens (tertiary/aromatic N) is 1. The van der Waals surface area contributed by atoms with Gasteiger partial charge in [-0.3, -0.25) is 4.99 Å². The summed E-state index contributed by atoms with van der Waals surface area (Å²) in [4.78, 5) is 4.33. The number of aliphatic imine (C=N–C) groups is 1. The quantitative estimate of drug-likeness (QED) is 0.382. The molecule has 3 unspecified atom stereocenters. The Bertz CT molecular complexity index is 543. The van der Waals surface area contributed by atoms with Crippen molar-refractivity contribution in [2.75, 3.05) is 20.2 Å². The summed E-state index contributed by atoms with van der Waals surface area (Å²) in [6, 6.07) is 9.08. The number of hydrogen-bond acceptors (Lipinski definition) is 2. The van der Waals surface area contributed by atoms with Gasteiger partial charge in [0.2, 0.25) is 0 Å². The fourth-order valence-corrected chi connectivity index (χ4v) is 3.31. The third-order valence-electron chi connectivity index (χ3n) is 4.56. The van der Waals surface area contributed by atoms with E-state index in [0.717, 1.165) is 42.8 Å². The van der Waals surface area contributed by atoms with Gasteiger partial charge >= 0.3 is 0 Å². The third-order valence-corrected chi connectivity index (χ3v) is 5.09. The van der Waals surface area contributed by atoms with Gasteiger partial charge in [0.25, 0.3) is 0 Å². The molecule has 2 N–H and O–H groups in total. The zero-order valence-electron chi connectivity index (χ0n) is 13.6. The molecule has 128 valence electrons. The largest absolute Gasteiger partial charge is 0.373 e. The summed E-state index contributed by atoms with van der Waals surface area (Å²) < 4.78 is 6.94. The number of nitrogens with one attached hydrogen (secondary N) is 2. The molecule has 1 aliphatic heterocycles. The van der Waals surface area contributed by atoms with E-state index in [-0.39, 0.29) is 29.6 Å². The first-order valence-electron chi connectivity index (χ1n) is 7.96. The number of guanidine groups is 1. The zero-order valence-corrected chi connectivity index (χ0v) is 17.6. The van der Waals surface area contributed by atoms with Crippen molar-refractivity contribution in [3.8, 4) is 0 Å². The van der Waals surface area contributed by atoms with Gasteiger partial charge < -0.3 is 15.4 Å². The monoisotopic (exact) mass is 493 g/mol. The van der Waals surface area contributed by atoms with Gasteiger partial charge in [-0.1, -0.05) is 28.1 Å². The van der Waals surface area contributed by atoms with Crippen LogP contribution in [0.2, 0.25) is 0 Å². The average Bonchev–Trinajstić information content (AvgIpc) is 3.15. The van der Waals surface area contributed by atoms with E-state index in [2.05, 4.69) is 62.7 Å². The number of ether oxygens (including phenoxy) is 1. The van der Waals surface area contributed by atoms with Gasteiger partial charge in [0, 0.05) is 36.6 Å². The lowest BCUT2D eigenvalue weighted by Crippen LogP contribution is -2.46. The normalized spacial score (nSPS) is 29.8. The topological polar surface area (TPSA) is 45.7 Å². The van der Waals surface area contributed by atoms with E-state index in [9.17, 15) is 0 Å². The Morgan fingerprint density at radius 1 is 1.39 bits per heavy atom. The predicted octanol–water partition coefficient (Wildman–Crippen LogP) is 3.66. The van der Waals surface area contributed by atoms with E-state index in [4.69, 9.17) is 4.74 Å². The molecule has 2 aliphatic rings. The minimum Gasteiger partial charge on any atom is -0.373 e. The third kappa shape index (κ3) is 5.06. The van der Waals surface area contributed by atoms with E-state index in [1.165, 1.54) is 5.56 Å². The maximum absolute atomic E-state index is 5.81. The molecule has 23 heavy (non-hydrogen) atoms. The molecule has 4 nitrogen and oxygen atoms in total. The summed E-state index contributed by atoms with van der Waals surface area (Å²) in [5, 5.41) is 6.93. The van der Waals surface area contributed by atoms with Crippen molar-refractivity contribution in [1.29, 1.82) is 0 Å². The highest BCUT2D eigenvalue weighted by molar-refractivity contribution is 14.0. The molecule has 6 heteroatoms. The van der Waals surface area contributed by atoms with E-state index < -0.39 is 0 Å². The molecule has 0 aromatic heterocycles. The van der Waals surface area contributed by atoms with Gasteiger partial charge in [-0.2, -0.15) is 0 Å². The number of benzene rings is 1. The number of halogens is 2. The summed E-state index contributed by atoms with van der Waals surface area (Å²) >= 11 is 3.48. The zero-order chi connectivity index (χ0) is 15.6. The standard InChI is InChI=1S/C17H24BrN3O.HI/c1-17(8-3-9-22-17)11-20-16(19-2)21-15-10-14(15)12-4-6-13(18)7-5-12;/h4-7,14-15H,3,8-11H2,1-2H3,(H2,19,20,21);1H. The van der Waals surface area contributed by atoms with Crippen LogP contribution in [0.5, 0.6) is 0 Å². The molecule has 0 spiro atoms. The highest BCUT2D eigenvalue weighted by Gasteiger charge is 2.39. The van der Waals surface area contributed by atoms with Gasteiger partial charge in [-0.05, 0) is 43.9 Å². The fraction of sp³-hybridized carbons (Fsp3) is 0.588. The molecular formula is C17H25BrIN3O. The first-order chi connectivity index (χ1) is 10.6. The van der Waals surface area contributed by atoms with E-state index in [1.807, 2.05) is 7.05 Å². The van der Waals surface area contributed by atoms with Crippen molar-refractivity contribution in [1.82, 2.24) is 10.6 Å². The molecule has 0 amide bonds. The highest BCUT2D eigenvalue weighted by Crippen LogP contribution is 2.41. The Morgan fingerprint density at radius 3 is 2.74 bits per heavy atom. The van der Waals surface area contributed by atoms with Gasteiger partial charge in [0.15, 0.2) is 5.96 Å². The van der Waals surface area contributed by atoms with Gasteiger partial charge in [-0.25, -0.2) is 0 Å². The first kappa shape index (κ1) is 19.0. The summed E-state index contributed by atoms with van der Waals surface area (Å²) in [5.41, 5.74) is 1.34. The first-order valence-corrected chi connectivity index (χ1v) is 8.75. The second-order valence-corrected chi connectivity index (χ2v) is 7.39. The van der Waals surface area contributed by atoms with Crippen LogP contribution in [0.25, 0.3) is 0 Å². The van der Waals surface area contributed by atoms with Crippen LogP contribution in [0, 0.1) is 0 Å². The summed E-state index contributed by atoms with van der Waals surface area (Å²) in [5.74, 6) is 1.46. The molecule has 1 saturated carbocycles. The van der Waals surface area contributed by atoms with Crippen LogP contribution < -0.4 is 10.6 Å². The van der Waals surface area contributed by atoms with E-state index in [1.54, 1.807) is 0 Å². The molecule has 0 radical (unpaired) electrons. The molecule has 1 aromatic rings. The Kier molecular flexibility index (Phi) is 6.74. The average molecular weight is 494 g/mol. The van der Waals surface area contributed by atoms with Crippen LogP contribution in [-0.4, -0.2) is 37.8 Å². The molecule has 1 aliphatic carbocycles. The van der Waals surface area contributed by atoms with Gasteiger partial charge in [-0.15, -0.1) is 24.0 Å². The Morgan fingerprint density at radius 2 is 2.13 bits per heavy atom. The summed E-state index contributed by atoms with van der Waals surface area (Å²) in [6.07, 6.45) is 3.43. The van der Waals surface area contributed by atoms with Crippen molar-refractivity contribution in [3.63, 3.8) is 0 Å². The Balaban J connectivity index is 0.00000192. The lowest BCUT2D eigenvalue weighted by atomic mass is 10.0. The van der Waals surface area contributed by atoms with Crippen molar-refractivity contribution in [3.05, 3.63) is 34.3 Å². The molecule has 1 aromatic carbocycles. The summed E-state index contributed by atoms with van der Waals surface area (Å²) in [6.45, 7) is 3.85. The van der Waals surface area contributed by atoms with E-state index >= 15 is 0 Å². The minimum absolute atomic E-state index is 0. The molecule has 1 heterocycles. The molecular weight excluding hydrogens is 469 g/mol. The van der Waals surface area contributed by atoms with Crippen LogP contribution in [-0.2, 0) is 4.74 Å².